The number of hydrogen-bond donors (Lipinski definition) is 1. The lowest BCUT2D eigenvalue weighted by Crippen LogP contribution is -2.23. The quantitative estimate of drug-likeness (QED) is 0.398. The van der Waals surface area contributed by atoms with Gasteiger partial charge < -0.3 is 13.7 Å². The van der Waals surface area contributed by atoms with Gasteiger partial charge in [0, 0.05) is 55.0 Å². The van der Waals surface area contributed by atoms with E-state index in [0.717, 1.165) is 18.5 Å². The molecule has 168 valence electrons. The van der Waals surface area contributed by atoms with Crippen LogP contribution in [0.2, 0.25) is 0 Å². The van der Waals surface area contributed by atoms with Gasteiger partial charge in [-0.25, -0.2) is 9.37 Å². The number of carbonyl (C=O) groups is 2. The fourth-order valence-corrected chi connectivity index (χ4v) is 4.58. The van der Waals surface area contributed by atoms with Gasteiger partial charge in [0.1, 0.15) is 11.5 Å². The third-order valence-electron chi connectivity index (χ3n) is 6.09. The number of imidazole rings is 1. The molecule has 0 bridgehead atoms. The van der Waals surface area contributed by atoms with Gasteiger partial charge in [0.2, 0.25) is 0 Å². The maximum atomic E-state index is 14.2. The lowest BCUT2D eigenvalue weighted by Gasteiger charge is -2.07. The molecule has 0 radical (unpaired) electrons. The number of halogens is 1. The molecule has 0 atom stereocenters. The number of nitrogens with zero attached hydrogens (tertiary/aromatic N) is 5. The Balaban J connectivity index is 1.50. The number of carbonyl (C=O) groups excluding carboxylic acids is 2. The fourth-order valence-electron chi connectivity index (χ4n) is 4.58. The first-order valence-electron chi connectivity index (χ1n) is 10.9. The lowest BCUT2D eigenvalue weighted by molar-refractivity contribution is -0.122. The van der Waals surface area contributed by atoms with E-state index in [4.69, 9.17) is 0 Å². The topological polar surface area (TPSA) is 86.7 Å². The summed E-state index contributed by atoms with van der Waals surface area (Å²) in [6.07, 6.45) is 11.4. The van der Waals surface area contributed by atoms with Crippen LogP contribution < -0.4 is 5.32 Å². The number of aromatic nitrogens is 5. The van der Waals surface area contributed by atoms with Crippen LogP contribution in [0.1, 0.15) is 12.0 Å². The number of fused-ring (bicyclic) bond motifs is 2. The van der Waals surface area contributed by atoms with Gasteiger partial charge in [-0.3, -0.25) is 19.9 Å². The van der Waals surface area contributed by atoms with Crippen molar-refractivity contribution in [2.45, 2.75) is 19.5 Å². The van der Waals surface area contributed by atoms with Crippen LogP contribution in [0.3, 0.4) is 0 Å². The van der Waals surface area contributed by atoms with Crippen molar-refractivity contribution in [2.75, 3.05) is 0 Å². The number of benzene rings is 1. The van der Waals surface area contributed by atoms with Crippen molar-refractivity contribution in [1.82, 2.24) is 29.0 Å². The Morgan fingerprint density at radius 1 is 0.971 bits per heavy atom. The summed E-state index contributed by atoms with van der Waals surface area (Å²) >= 11 is 0. The molecule has 0 saturated heterocycles. The normalized spacial score (nSPS) is 14.0. The molecule has 1 N–H and O–H groups in total. The van der Waals surface area contributed by atoms with Crippen LogP contribution >= 0.6 is 0 Å². The molecule has 1 aliphatic rings. The summed E-state index contributed by atoms with van der Waals surface area (Å²) in [4.78, 5) is 34.3. The smallest absolute Gasteiger partial charge is 0.275 e. The predicted molar refractivity (Wildman–Crippen MR) is 125 cm³/mol. The third kappa shape index (κ3) is 3.21. The highest BCUT2D eigenvalue weighted by Gasteiger charge is 2.34. The molecule has 0 fully saturated rings. The van der Waals surface area contributed by atoms with Crippen molar-refractivity contribution in [3.05, 3.63) is 85.1 Å². The summed E-state index contributed by atoms with van der Waals surface area (Å²) in [7, 11) is 0. The van der Waals surface area contributed by atoms with Crippen molar-refractivity contribution in [3.8, 4) is 0 Å². The van der Waals surface area contributed by atoms with Crippen LogP contribution in [0.5, 0.6) is 0 Å². The molecule has 5 aromatic rings. The summed E-state index contributed by atoms with van der Waals surface area (Å²) < 4.78 is 19.8. The fraction of sp³-hybridized carbons (Fsp3) is 0.120. The molecule has 34 heavy (non-hydrogen) atoms. The third-order valence-corrected chi connectivity index (χ3v) is 6.09. The molecule has 0 spiro atoms. The molecule has 4 aromatic heterocycles. The number of hydrogen-bond acceptors (Lipinski definition) is 4. The first kappa shape index (κ1) is 20.1. The maximum Gasteiger partial charge on any atom is 0.275 e. The van der Waals surface area contributed by atoms with Crippen molar-refractivity contribution >= 4 is 45.0 Å². The van der Waals surface area contributed by atoms with Crippen LogP contribution in [0, 0.1) is 5.82 Å². The van der Waals surface area contributed by atoms with E-state index in [1.165, 1.54) is 12.1 Å². The van der Waals surface area contributed by atoms with Crippen molar-refractivity contribution in [1.29, 1.82) is 0 Å². The van der Waals surface area contributed by atoms with E-state index >= 15 is 0 Å². The van der Waals surface area contributed by atoms with Crippen LogP contribution in [-0.4, -0.2) is 35.5 Å². The molecule has 8 nitrogen and oxygen atoms in total. The number of imide groups is 1. The summed E-state index contributed by atoms with van der Waals surface area (Å²) in [5.74, 6) is -1.33. The molecule has 2 amide bonds. The molecule has 0 aliphatic carbocycles. The summed E-state index contributed by atoms with van der Waals surface area (Å²) in [5, 5.41) is 3.13. The zero-order chi connectivity index (χ0) is 23.2. The highest BCUT2D eigenvalue weighted by atomic mass is 19.1. The van der Waals surface area contributed by atoms with Gasteiger partial charge in [-0.2, -0.15) is 0 Å². The zero-order valence-corrected chi connectivity index (χ0v) is 18.0. The Hall–Kier alpha value is -4.53. The van der Waals surface area contributed by atoms with Crippen LogP contribution in [0.4, 0.5) is 4.39 Å². The Bertz CT molecular complexity index is 1610. The van der Waals surface area contributed by atoms with E-state index in [2.05, 4.69) is 15.3 Å². The van der Waals surface area contributed by atoms with E-state index < -0.39 is 11.8 Å². The second-order valence-corrected chi connectivity index (χ2v) is 8.15. The predicted octanol–water partition coefficient (Wildman–Crippen LogP) is 3.44. The van der Waals surface area contributed by atoms with Gasteiger partial charge in [0.15, 0.2) is 0 Å². The maximum absolute atomic E-state index is 14.2. The molecule has 1 aromatic carbocycles. The van der Waals surface area contributed by atoms with E-state index in [0.29, 0.717) is 28.5 Å². The number of amides is 2. The van der Waals surface area contributed by atoms with Crippen molar-refractivity contribution in [3.63, 3.8) is 0 Å². The number of nitrogens with one attached hydrogen (secondary N) is 1. The number of rotatable bonds is 6. The molecule has 5 heterocycles. The SMILES string of the molecule is O=C1NC(=O)C(n2ccc3ncccc32)=C1c1cn(CCCn2ccnc2)c2cc(F)ccc12. The van der Waals surface area contributed by atoms with Crippen molar-refractivity contribution in [2.24, 2.45) is 0 Å². The van der Waals surface area contributed by atoms with Gasteiger partial charge in [0.05, 0.1) is 28.5 Å². The second kappa shape index (κ2) is 7.80. The molecule has 6 rings (SSSR count). The first-order chi connectivity index (χ1) is 16.6. The highest BCUT2D eigenvalue weighted by molar-refractivity contribution is 6.47. The van der Waals surface area contributed by atoms with Gasteiger partial charge in [-0.15, -0.1) is 0 Å². The molecule has 0 saturated carbocycles. The van der Waals surface area contributed by atoms with E-state index in [1.54, 1.807) is 47.7 Å². The van der Waals surface area contributed by atoms with Gasteiger partial charge >= 0.3 is 0 Å². The highest BCUT2D eigenvalue weighted by Crippen LogP contribution is 2.35. The van der Waals surface area contributed by atoms with Crippen LogP contribution in [0.15, 0.2) is 73.7 Å². The molecule has 9 heteroatoms. The summed E-state index contributed by atoms with van der Waals surface area (Å²) in [6.45, 7) is 1.35. The van der Waals surface area contributed by atoms with E-state index in [1.807, 2.05) is 27.6 Å². The van der Waals surface area contributed by atoms with E-state index in [-0.39, 0.29) is 17.1 Å². The second-order valence-electron chi connectivity index (χ2n) is 8.15. The zero-order valence-electron chi connectivity index (χ0n) is 18.0. The summed E-state index contributed by atoms with van der Waals surface area (Å²) in [6, 6.07) is 9.90. The van der Waals surface area contributed by atoms with Gasteiger partial charge in [0.25, 0.3) is 11.8 Å². The van der Waals surface area contributed by atoms with E-state index in [9.17, 15) is 14.0 Å². The van der Waals surface area contributed by atoms with Crippen LogP contribution in [-0.2, 0) is 22.7 Å². The lowest BCUT2D eigenvalue weighted by atomic mass is 10.0. The largest absolute Gasteiger partial charge is 0.347 e. The molecular weight excluding hydrogens is 435 g/mol. The first-order valence-corrected chi connectivity index (χ1v) is 10.9. The molecule has 1 aliphatic heterocycles. The number of pyridine rings is 1. The standard InChI is InChI=1S/C25H19FN6O2/c26-16-4-5-17-18(14-31(21(17)13-16)10-2-9-30-12-8-27-15-30)22-23(25(34)29-24(22)33)32-11-6-19-20(32)3-1-7-28-19/h1,3-8,11-15H,2,9-10H2,(H,29,33,34). The average Bonchev–Trinajstić information content (AvgIpc) is 3.60. The monoisotopic (exact) mass is 454 g/mol. The number of aryl methyl sites for hydroxylation is 2. The minimum atomic E-state index is -0.482. The Morgan fingerprint density at radius 2 is 1.88 bits per heavy atom. The summed E-state index contributed by atoms with van der Waals surface area (Å²) in [5.41, 5.74) is 3.17. The molecule has 0 unspecified atom stereocenters. The van der Waals surface area contributed by atoms with Gasteiger partial charge in [-0.05, 0) is 42.8 Å². The Kier molecular flexibility index (Phi) is 4.61. The molecular formula is C25H19FN6O2. The van der Waals surface area contributed by atoms with Crippen LogP contribution in [0.25, 0.3) is 33.2 Å². The van der Waals surface area contributed by atoms with Gasteiger partial charge in [-0.1, -0.05) is 0 Å². The Labute approximate surface area is 193 Å². The average molecular weight is 454 g/mol. The Morgan fingerprint density at radius 3 is 2.74 bits per heavy atom. The minimum absolute atomic E-state index is 0.231. The minimum Gasteiger partial charge on any atom is -0.347 e. The van der Waals surface area contributed by atoms with Crippen molar-refractivity contribution < 1.29 is 14.0 Å².